The molecule has 4 rings (SSSR count). The van der Waals surface area contributed by atoms with Crippen LogP contribution in [0, 0.1) is 0 Å². The Labute approximate surface area is 175 Å². The molecule has 0 aliphatic carbocycles. The predicted octanol–water partition coefficient (Wildman–Crippen LogP) is 2.61. The molecule has 2 heterocycles. The minimum Gasteiger partial charge on any atom is -0.492 e. The first-order valence-corrected chi connectivity index (χ1v) is 10.1. The number of para-hydroxylation sites is 1. The number of carbonyl (C=O) groups is 3. The second-order valence-corrected chi connectivity index (χ2v) is 7.50. The van der Waals surface area contributed by atoms with Crippen molar-refractivity contribution in [1.29, 1.82) is 0 Å². The zero-order valence-corrected chi connectivity index (χ0v) is 16.9. The first-order chi connectivity index (χ1) is 14.5. The average Bonchev–Trinajstić information content (AvgIpc) is 3.37. The zero-order chi connectivity index (χ0) is 21.1. The summed E-state index contributed by atoms with van der Waals surface area (Å²) in [5.74, 6) is -0.178. The van der Waals surface area contributed by atoms with Gasteiger partial charge in [0, 0.05) is 19.2 Å². The summed E-state index contributed by atoms with van der Waals surface area (Å²) in [5, 5.41) is 0. The molecule has 1 unspecified atom stereocenters. The van der Waals surface area contributed by atoms with Crippen LogP contribution in [0.3, 0.4) is 0 Å². The van der Waals surface area contributed by atoms with E-state index in [4.69, 9.17) is 9.47 Å². The molecule has 1 saturated heterocycles. The average molecular weight is 408 g/mol. The minimum absolute atomic E-state index is 0.107. The number of rotatable bonds is 7. The third kappa shape index (κ3) is 4.07. The highest BCUT2D eigenvalue weighted by Gasteiger charge is 2.38. The standard InChI is InChI=1S/C23H24N2O5/c1-24(11-13-30-17-6-3-2-4-7-17)21(26)16-9-10-19-20(14-16)23(28)25(22(19)27)15-18-8-5-12-29-18/h2-4,6-7,9-10,14,18H,5,8,11-13,15H2,1H3. The maximum atomic E-state index is 12.8. The molecule has 0 bridgehead atoms. The van der Waals surface area contributed by atoms with Gasteiger partial charge in [-0.2, -0.15) is 0 Å². The third-order valence-electron chi connectivity index (χ3n) is 5.41. The molecule has 0 N–H and O–H groups in total. The van der Waals surface area contributed by atoms with Gasteiger partial charge in [-0.05, 0) is 43.2 Å². The van der Waals surface area contributed by atoms with Crippen molar-refractivity contribution in [1.82, 2.24) is 9.80 Å². The number of amides is 3. The van der Waals surface area contributed by atoms with E-state index in [0.29, 0.717) is 30.9 Å². The number of fused-ring (bicyclic) bond motifs is 1. The van der Waals surface area contributed by atoms with E-state index in [-0.39, 0.29) is 35.9 Å². The molecular formula is C23H24N2O5. The molecule has 7 heteroatoms. The van der Waals surface area contributed by atoms with Crippen molar-refractivity contribution in [3.8, 4) is 5.75 Å². The molecule has 156 valence electrons. The van der Waals surface area contributed by atoms with Crippen molar-refractivity contribution in [2.45, 2.75) is 18.9 Å². The normalized spacial score (nSPS) is 17.9. The summed E-state index contributed by atoms with van der Waals surface area (Å²) < 4.78 is 11.2. The van der Waals surface area contributed by atoms with Gasteiger partial charge in [-0.25, -0.2) is 0 Å². The van der Waals surface area contributed by atoms with E-state index < -0.39 is 0 Å². The molecule has 7 nitrogen and oxygen atoms in total. The Kier molecular flexibility index (Phi) is 5.81. The molecule has 1 atom stereocenters. The van der Waals surface area contributed by atoms with Crippen LogP contribution in [0.15, 0.2) is 48.5 Å². The molecular weight excluding hydrogens is 384 g/mol. The summed E-state index contributed by atoms with van der Waals surface area (Å²) in [6.07, 6.45) is 1.67. The van der Waals surface area contributed by atoms with E-state index in [2.05, 4.69) is 0 Å². The SMILES string of the molecule is CN(CCOc1ccccc1)C(=O)c1ccc2c(c1)C(=O)N(CC1CCCO1)C2=O. The molecule has 0 spiro atoms. The number of carbonyl (C=O) groups excluding carboxylic acids is 3. The molecule has 0 radical (unpaired) electrons. The maximum absolute atomic E-state index is 12.8. The molecule has 2 aromatic rings. The van der Waals surface area contributed by atoms with Gasteiger partial charge in [0.25, 0.3) is 17.7 Å². The van der Waals surface area contributed by atoms with E-state index in [1.165, 1.54) is 15.9 Å². The topological polar surface area (TPSA) is 76.2 Å². The highest BCUT2D eigenvalue weighted by atomic mass is 16.5. The smallest absolute Gasteiger partial charge is 0.261 e. The van der Waals surface area contributed by atoms with Gasteiger partial charge in [0.05, 0.1) is 30.3 Å². The van der Waals surface area contributed by atoms with Gasteiger partial charge in [-0.1, -0.05) is 18.2 Å². The summed E-state index contributed by atoms with van der Waals surface area (Å²) in [7, 11) is 1.68. The van der Waals surface area contributed by atoms with Crippen molar-refractivity contribution < 1.29 is 23.9 Å². The number of benzene rings is 2. The lowest BCUT2D eigenvalue weighted by Gasteiger charge is -2.18. The highest BCUT2D eigenvalue weighted by Crippen LogP contribution is 2.26. The minimum atomic E-state index is -0.366. The number of hydrogen-bond acceptors (Lipinski definition) is 5. The molecule has 1 fully saturated rings. The predicted molar refractivity (Wildman–Crippen MR) is 110 cm³/mol. The summed E-state index contributed by atoms with van der Waals surface area (Å²) in [6, 6.07) is 14.1. The molecule has 2 aromatic carbocycles. The maximum Gasteiger partial charge on any atom is 0.261 e. The van der Waals surface area contributed by atoms with Crippen molar-refractivity contribution in [3.63, 3.8) is 0 Å². The second-order valence-electron chi connectivity index (χ2n) is 7.50. The van der Waals surface area contributed by atoms with Crippen LogP contribution < -0.4 is 4.74 Å². The van der Waals surface area contributed by atoms with Crippen LogP contribution >= 0.6 is 0 Å². The first kappa shape index (κ1) is 20.1. The third-order valence-corrected chi connectivity index (χ3v) is 5.41. The molecule has 2 aliphatic heterocycles. The quantitative estimate of drug-likeness (QED) is 0.659. The van der Waals surface area contributed by atoms with Gasteiger partial charge in [-0.15, -0.1) is 0 Å². The first-order valence-electron chi connectivity index (χ1n) is 10.1. The number of imide groups is 1. The summed E-state index contributed by atoms with van der Waals surface area (Å²) in [4.78, 5) is 40.9. The lowest BCUT2D eigenvalue weighted by molar-refractivity contribution is 0.0475. The lowest BCUT2D eigenvalue weighted by atomic mass is 10.1. The van der Waals surface area contributed by atoms with Crippen LogP contribution in [0.1, 0.15) is 43.9 Å². The summed E-state index contributed by atoms with van der Waals surface area (Å²) >= 11 is 0. The van der Waals surface area contributed by atoms with Gasteiger partial charge < -0.3 is 14.4 Å². The fraction of sp³-hybridized carbons (Fsp3) is 0.348. The number of hydrogen-bond donors (Lipinski definition) is 0. The second kappa shape index (κ2) is 8.67. The van der Waals surface area contributed by atoms with Gasteiger partial charge in [-0.3, -0.25) is 19.3 Å². The Hall–Kier alpha value is -3.19. The summed E-state index contributed by atoms with van der Waals surface area (Å²) in [6.45, 7) is 1.66. The van der Waals surface area contributed by atoms with E-state index in [1.54, 1.807) is 19.2 Å². The Morgan fingerprint density at radius 1 is 1.13 bits per heavy atom. The van der Waals surface area contributed by atoms with Crippen molar-refractivity contribution in [3.05, 3.63) is 65.2 Å². The van der Waals surface area contributed by atoms with Gasteiger partial charge >= 0.3 is 0 Å². The lowest BCUT2D eigenvalue weighted by Crippen LogP contribution is -2.36. The van der Waals surface area contributed by atoms with Gasteiger partial charge in [0.1, 0.15) is 12.4 Å². The largest absolute Gasteiger partial charge is 0.492 e. The number of nitrogens with zero attached hydrogens (tertiary/aromatic N) is 2. The van der Waals surface area contributed by atoms with Crippen LogP contribution in [0.5, 0.6) is 5.75 Å². The number of ether oxygens (including phenoxy) is 2. The Morgan fingerprint density at radius 2 is 1.90 bits per heavy atom. The van der Waals surface area contributed by atoms with Crippen molar-refractivity contribution in [2.75, 3.05) is 33.4 Å². The monoisotopic (exact) mass is 408 g/mol. The molecule has 30 heavy (non-hydrogen) atoms. The van der Waals surface area contributed by atoms with E-state index >= 15 is 0 Å². The van der Waals surface area contributed by atoms with Crippen LogP contribution in [0.25, 0.3) is 0 Å². The van der Waals surface area contributed by atoms with Crippen molar-refractivity contribution in [2.24, 2.45) is 0 Å². The van der Waals surface area contributed by atoms with Crippen molar-refractivity contribution >= 4 is 17.7 Å². The zero-order valence-electron chi connectivity index (χ0n) is 16.9. The molecule has 0 aromatic heterocycles. The molecule has 2 aliphatic rings. The van der Waals surface area contributed by atoms with E-state index in [1.807, 2.05) is 30.3 Å². The van der Waals surface area contributed by atoms with E-state index in [9.17, 15) is 14.4 Å². The van der Waals surface area contributed by atoms with Crippen LogP contribution in [-0.4, -0.2) is 67.0 Å². The fourth-order valence-electron chi connectivity index (χ4n) is 3.72. The van der Waals surface area contributed by atoms with Crippen LogP contribution in [-0.2, 0) is 4.74 Å². The van der Waals surface area contributed by atoms with Gasteiger partial charge in [0.15, 0.2) is 0 Å². The molecule has 3 amide bonds. The highest BCUT2D eigenvalue weighted by molar-refractivity contribution is 6.22. The fourth-order valence-corrected chi connectivity index (χ4v) is 3.72. The van der Waals surface area contributed by atoms with Gasteiger partial charge in [0.2, 0.25) is 0 Å². The molecule has 0 saturated carbocycles. The van der Waals surface area contributed by atoms with Crippen LogP contribution in [0.2, 0.25) is 0 Å². The Morgan fingerprint density at radius 3 is 2.63 bits per heavy atom. The summed E-state index contributed by atoms with van der Waals surface area (Å²) in [5.41, 5.74) is 0.985. The Bertz CT molecular complexity index is 953. The number of likely N-dealkylation sites (N-methyl/N-ethyl adjacent to an activating group) is 1. The van der Waals surface area contributed by atoms with E-state index in [0.717, 1.165) is 18.6 Å². The van der Waals surface area contributed by atoms with Crippen LogP contribution in [0.4, 0.5) is 0 Å². The Balaban J connectivity index is 1.40.